The maximum Gasteiger partial charge on any atom is 0.285 e. The van der Waals surface area contributed by atoms with Crippen molar-refractivity contribution in [3.8, 4) is 0 Å². The summed E-state index contributed by atoms with van der Waals surface area (Å²) in [4.78, 5) is 0. The summed E-state index contributed by atoms with van der Waals surface area (Å²) < 4.78 is 16.8. The van der Waals surface area contributed by atoms with Gasteiger partial charge in [-0.25, -0.2) is 0 Å². The van der Waals surface area contributed by atoms with Crippen molar-refractivity contribution in [2.24, 2.45) is 5.92 Å². The first-order valence-corrected chi connectivity index (χ1v) is 10.0. The van der Waals surface area contributed by atoms with E-state index in [2.05, 4.69) is 22.9 Å². The molecule has 0 radical (unpaired) electrons. The second kappa shape index (κ2) is 14.9. The number of unbranched alkanes of at least 4 members (excludes halogenated alkanes) is 7. The maximum absolute atomic E-state index is 5.60. The molecule has 0 bridgehead atoms. The molecule has 0 aromatic heterocycles. The largest absolute Gasteiger partial charge is 0.331 e. The summed E-state index contributed by atoms with van der Waals surface area (Å²) in [6.45, 7) is 2.26. The molecule has 0 saturated carbocycles. The number of hydrogen-bond acceptors (Lipinski definition) is 3. The summed E-state index contributed by atoms with van der Waals surface area (Å²) in [5, 5.41) is 1.08. The maximum atomic E-state index is 5.60. The van der Waals surface area contributed by atoms with Crippen molar-refractivity contribution in [2.45, 2.75) is 83.5 Å². The van der Waals surface area contributed by atoms with E-state index >= 15 is 0 Å². The molecule has 22 heavy (non-hydrogen) atoms. The van der Waals surface area contributed by atoms with E-state index in [9.17, 15) is 0 Å². The van der Waals surface area contributed by atoms with Gasteiger partial charge in [0.2, 0.25) is 0 Å². The van der Waals surface area contributed by atoms with Gasteiger partial charge in [-0.2, -0.15) is 0 Å². The molecule has 1 atom stereocenters. The Bertz CT molecular complexity index is 224. The van der Waals surface area contributed by atoms with E-state index in [0.29, 0.717) is 5.92 Å². The van der Waals surface area contributed by atoms with E-state index in [1.54, 1.807) is 21.3 Å². The van der Waals surface area contributed by atoms with Crippen LogP contribution in [0.1, 0.15) is 77.6 Å². The molecule has 0 aromatic rings. The predicted molar refractivity (Wildman–Crippen MR) is 97.5 cm³/mol. The summed E-state index contributed by atoms with van der Waals surface area (Å²) in [6.07, 6.45) is 13.7. The lowest BCUT2D eigenvalue weighted by Gasteiger charge is -2.36. The van der Waals surface area contributed by atoms with Crippen LogP contribution in [0.4, 0.5) is 0 Å². The number of hydrogen-bond donors (Lipinski definition) is 0. The SMILES string of the molecule is CCCCCCCCC(CCCCCBr)C(OC)(OC)OC. The summed E-state index contributed by atoms with van der Waals surface area (Å²) >= 11 is 3.49. The molecule has 0 spiro atoms. The van der Waals surface area contributed by atoms with Gasteiger partial charge < -0.3 is 14.2 Å². The van der Waals surface area contributed by atoms with Crippen molar-refractivity contribution in [1.29, 1.82) is 0 Å². The Hall–Kier alpha value is 0.360. The molecule has 0 N–H and O–H groups in total. The lowest BCUT2D eigenvalue weighted by Crippen LogP contribution is -2.44. The van der Waals surface area contributed by atoms with Gasteiger partial charge in [-0.3, -0.25) is 0 Å². The molecule has 1 unspecified atom stereocenters. The number of halogens is 1. The van der Waals surface area contributed by atoms with Crippen molar-refractivity contribution >= 4 is 15.9 Å². The van der Waals surface area contributed by atoms with Crippen molar-refractivity contribution < 1.29 is 14.2 Å². The van der Waals surface area contributed by atoms with Gasteiger partial charge in [0.25, 0.3) is 5.97 Å². The molecule has 4 heteroatoms. The standard InChI is InChI=1S/C18H37BrO3/c1-5-6-7-8-9-11-14-17(15-12-10-13-16-19)18(20-2,21-3)22-4/h17H,5-16H2,1-4H3. The average molecular weight is 381 g/mol. The van der Waals surface area contributed by atoms with E-state index < -0.39 is 5.97 Å². The second-order valence-corrected chi connectivity index (χ2v) is 6.80. The molecular weight excluding hydrogens is 344 g/mol. The third-order valence-electron chi connectivity index (χ3n) is 4.45. The fourth-order valence-corrected chi connectivity index (χ4v) is 3.48. The summed E-state index contributed by atoms with van der Waals surface area (Å²) in [5.41, 5.74) is 0. The quantitative estimate of drug-likeness (QED) is 0.189. The van der Waals surface area contributed by atoms with Gasteiger partial charge in [0.1, 0.15) is 0 Å². The molecule has 0 amide bonds. The van der Waals surface area contributed by atoms with Crippen LogP contribution < -0.4 is 0 Å². The van der Waals surface area contributed by atoms with Crippen LogP contribution in [0.15, 0.2) is 0 Å². The van der Waals surface area contributed by atoms with Gasteiger partial charge in [0.15, 0.2) is 0 Å². The monoisotopic (exact) mass is 380 g/mol. The van der Waals surface area contributed by atoms with Crippen LogP contribution in [0.3, 0.4) is 0 Å². The van der Waals surface area contributed by atoms with Crippen molar-refractivity contribution in [3.05, 3.63) is 0 Å². The topological polar surface area (TPSA) is 27.7 Å². The Morgan fingerprint density at radius 1 is 0.727 bits per heavy atom. The lowest BCUT2D eigenvalue weighted by molar-refractivity contribution is -0.380. The Balaban J connectivity index is 4.32. The fourth-order valence-electron chi connectivity index (χ4n) is 3.08. The molecule has 134 valence electrons. The molecule has 0 aliphatic carbocycles. The highest BCUT2D eigenvalue weighted by molar-refractivity contribution is 9.09. The first-order valence-electron chi connectivity index (χ1n) is 8.92. The first-order chi connectivity index (χ1) is 10.7. The molecule has 0 rings (SSSR count). The fraction of sp³-hybridized carbons (Fsp3) is 1.00. The van der Waals surface area contributed by atoms with Gasteiger partial charge in [-0.05, 0) is 19.3 Å². The second-order valence-electron chi connectivity index (χ2n) is 6.01. The molecular formula is C18H37BrO3. The third-order valence-corrected chi connectivity index (χ3v) is 5.01. The van der Waals surface area contributed by atoms with Gasteiger partial charge in [0.05, 0.1) is 0 Å². The van der Waals surface area contributed by atoms with Crippen LogP contribution in [0.5, 0.6) is 0 Å². The zero-order valence-corrected chi connectivity index (χ0v) is 16.8. The van der Waals surface area contributed by atoms with E-state index in [1.165, 1.54) is 57.8 Å². The normalized spacial score (nSPS) is 13.5. The summed E-state index contributed by atoms with van der Waals surface area (Å²) in [5.74, 6) is -0.577. The number of ether oxygens (including phenoxy) is 3. The molecule has 3 nitrogen and oxygen atoms in total. The van der Waals surface area contributed by atoms with E-state index in [1.807, 2.05) is 0 Å². The Morgan fingerprint density at radius 3 is 1.64 bits per heavy atom. The number of methoxy groups -OCH3 is 3. The molecule has 0 heterocycles. The summed E-state index contributed by atoms with van der Waals surface area (Å²) in [6, 6.07) is 0. The Morgan fingerprint density at radius 2 is 1.18 bits per heavy atom. The molecule has 0 saturated heterocycles. The number of rotatable bonds is 16. The number of alkyl halides is 1. The van der Waals surface area contributed by atoms with Gasteiger partial charge >= 0.3 is 0 Å². The van der Waals surface area contributed by atoms with Crippen molar-refractivity contribution in [3.63, 3.8) is 0 Å². The van der Waals surface area contributed by atoms with Crippen LogP contribution in [0, 0.1) is 5.92 Å². The van der Waals surface area contributed by atoms with Crippen molar-refractivity contribution in [1.82, 2.24) is 0 Å². The van der Waals surface area contributed by atoms with Crippen LogP contribution in [-0.2, 0) is 14.2 Å². The van der Waals surface area contributed by atoms with Gasteiger partial charge in [-0.1, -0.05) is 74.2 Å². The smallest absolute Gasteiger partial charge is 0.285 e. The van der Waals surface area contributed by atoms with Gasteiger partial charge in [-0.15, -0.1) is 0 Å². The summed E-state index contributed by atoms with van der Waals surface area (Å²) in [7, 11) is 5.04. The minimum Gasteiger partial charge on any atom is -0.331 e. The Labute approximate surface area is 146 Å². The zero-order chi connectivity index (χ0) is 16.7. The van der Waals surface area contributed by atoms with Crippen LogP contribution in [-0.4, -0.2) is 32.6 Å². The van der Waals surface area contributed by atoms with E-state index in [-0.39, 0.29) is 0 Å². The van der Waals surface area contributed by atoms with E-state index in [4.69, 9.17) is 14.2 Å². The molecule has 0 aliphatic heterocycles. The minimum absolute atomic E-state index is 0.300. The molecule has 0 fully saturated rings. The lowest BCUT2D eigenvalue weighted by atomic mass is 9.92. The minimum atomic E-state index is -0.877. The van der Waals surface area contributed by atoms with E-state index in [0.717, 1.165) is 18.2 Å². The van der Waals surface area contributed by atoms with Gasteiger partial charge in [0, 0.05) is 32.6 Å². The predicted octanol–water partition coefficient (Wildman–Crippen LogP) is 5.90. The zero-order valence-electron chi connectivity index (χ0n) is 15.2. The molecule has 0 aromatic carbocycles. The first kappa shape index (κ1) is 22.4. The highest BCUT2D eigenvalue weighted by Gasteiger charge is 2.39. The highest BCUT2D eigenvalue weighted by Crippen LogP contribution is 2.32. The third kappa shape index (κ3) is 8.85. The Kier molecular flexibility index (Phi) is 15.2. The average Bonchev–Trinajstić information content (AvgIpc) is 2.55. The van der Waals surface area contributed by atoms with Crippen LogP contribution in [0.25, 0.3) is 0 Å². The van der Waals surface area contributed by atoms with Crippen LogP contribution >= 0.6 is 15.9 Å². The highest BCUT2D eigenvalue weighted by atomic mass is 79.9. The molecule has 0 aliphatic rings. The van der Waals surface area contributed by atoms with Crippen LogP contribution in [0.2, 0.25) is 0 Å². The van der Waals surface area contributed by atoms with Crippen molar-refractivity contribution in [2.75, 3.05) is 26.7 Å².